The molecule has 88 valence electrons. The molecular weight excluding hydrogens is 208 g/mol. The van der Waals surface area contributed by atoms with Gasteiger partial charge in [-0.15, -0.1) is 0 Å². The van der Waals surface area contributed by atoms with Crippen molar-refractivity contribution in [1.29, 1.82) is 0 Å². The van der Waals surface area contributed by atoms with Crippen LogP contribution in [0, 0.1) is 17.6 Å². The first kappa shape index (κ1) is 11.5. The van der Waals surface area contributed by atoms with Gasteiger partial charge in [-0.2, -0.15) is 0 Å². The highest BCUT2D eigenvalue weighted by Crippen LogP contribution is 2.54. The number of benzene rings is 1. The summed E-state index contributed by atoms with van der Waals surface area (Å²) in [6, 6.07) is 3.89. The molecule has 0 saturated heterocycles. The first-order chi connectivity index (χ1) is 7.58. The van der Waals surface area contributed by atoms with E-state index in [1.807, 2.05) is 6.92 Å². The van der Waals surface area contributed by atoms with E-state index in [1.165, 1.54) is 6.07 Å². The van der Waals surface area contributed by atoms with Crippen LogP contribution in [0.3, 0.4) is 0 Å². The van der Waals surface area contributed by atoms with Crippen LogP contribution < -0.4 is 5.32 Å². The molecule has 1 saturated carbocycles. The van der Waals surface area contributed by atoms with Crippen LogP contribution >= 0.6 is 0 Å². The highest BCUT2D eigenvalue weighted by atomic mass is 19.1. The molecule has 0 heterocycles. The Morgan fingerprint density at radius 3 is 2.81 bits per heavy atom. The van der Waals surface area contributed by atoms with Crippen LogP contribution in [0.15, 0.2) is 18.2 Å². The standard InChI is InChI=1S/C13H17F2N/c1-3-16-8-9-7-13(9,2)11-5-4-10(14)6-12(11)15/h4-6,9,16H,3,7-8H2,1-2H3. The number of hydrogen-bond acceptors (Lipinski definition) is 1. The van der Waals surface area contributed by atoms with Gasteiger partial charge in [-0.1, -0.05) is 19.9 Å². The summed E-state index contributed by atoms with van der Waals surface area (Å²) < 4.78 is 26.4. The minimum atomic E-state index is -0.506. The largest absolute Gasteiger partial charge is 0.317 e. The molecule has 16 heavy (non-hydrogen) atoms. The SMILES string of the molecule is CCNCC1CC1(C)c1ccc(F)cc1F. The molecule has 2 rings (SSSR count). The molecule has 1 N–H and O–H groups in total. The van der Waals surface area contributed by atoms with Crippen LogP contribution in [0.1, 0.15) is 25.8 Å². The van der Waals surface area contributed by atoms with Crippen molar-refractivity contribution in [2.24, 2.45) is 5.92 Å². The van der Waals surface area contributed by atoms with E-state index >= 15 is 0 Å². The number of halogens is 2. The number of rotatable bonds is 4. The summed E-state index contributed by atoms with van der Waals surface area (Å²) in [4.78, 5) is 0. The summed E-state index contributed by atoms with van der Waals surface area (Å²) in [6.07, 6.45) is 0.975. The molecule has 0 amide bonds. The van der Waals surface area contributed by atoms with Gasteiger partial charge in [0.25, 0.3) is 0 Å². The average Bonchev–Trinajstić information content (AvgIpc) is 2.87. The Morgan fingerprint density at radius 1 is 1.44 bits per heavy atom. The van der Waals surface area contributed by atoms with Crippen molar-refractivity contribution in [3.05, 3.63) is 35.4 Å². The molecule has 1 aliphatic rings. The maximum Gasteiger partial charge on any atom is 0.129 e. The van der Waals surface area contributed by atoms with Crippen molar-refractivity contribution >= 4 is 0 Å². The Hall–Kier alpha value is -0.960. The fourth-order valence-corrected chi connectivity index (χ4v) is 2.35. The topological polar surface area (TPSA) is 12.0 Å². The number of nitrogens with one attached hydrogen (secondary N) is 1. The highest BCUT2D eigenvalue weighted by Gasteiger charge is 2.51. The lowest BCUT2D eigenvalue weighted by Crippen LogP contribution is -2.20. The normalized spacial score (nSPS) is 28.1. The van der Waals surface area contributed by atoms with Crippen molar-refractivity contribution < 1.29 is 8.78 Å². The van der Waals surface area contributed by atoms with Crippen molar-refractivity contribution in [2.45, 2.75) is 25.7 Å². The minimum absolute atomic E-state index is 0.111. The van der Waals surface area contributed by atoms with E-state index in [9.17, 15) is 8.78 Å². The van der Waals surface area contributed by atoms with E-state index in [0.29, 0.717) is 11.5 Å². The lowest BCUT2D eigenvalue weighted by atomic mass is 9.95. The molecule has 3 heteroatoms. The monoisotopic (exact) mass is 225 g/mol. The molecular formula is C13H17F2N. The van der Waals surface area contributed by atoms with Gasteiger partial charge < -0.3 is 5.32 Å². The van der Waals surface area contributed by atoms with E-state index < -0.39 is 11.6 Å². The minimum Gasteiger partial charge on any atom is -0.317 e. The Bertz CT molecular complexity index is 392. The number of hydrogen-bond donors (Lipinski definition) is 1. The Kier molecular flexibility index (Phi) is 2.98. The van der Waals surface area contributed by atoms with Gasteiger partial charge in [-0.05, 0) is 42.5 Å². The van der Waals surface area contributed by atoms with Crippen molar-refractivity contribution in [2.75, 3.05) is 13.1 Å². The maximum absolute atomic E-state index is 13.6. The second-order valence-corrected chi connectivity index (χ2v) is 4.75. The van der Waals surface area contributed by atoms with Gasteiger partial charge in [0.05, 0.1) is 0 Å². The van der Waals surface area contributed by atoms with Crippen LogP contribution in [-0.2, 0) is 5.41 Å². The van der Waals surface area contributed by atoms with Crippen molar-refractivity contribution in [3.8, 4) is 0 Å². The predicted octanol–water partition coefficient (Wildman–Crippen LogP) is 2.85. The molecule has 0 bridgehead atoms. The Morgan fingerprint density at radius 2 is 2.19 bits per heavy atom. The third-order valence-electron chi connectivity index (χ3n) is 3.60. The van der Waals surface area contributed by atoms with E-state index in [4.69, 9.17) is 0 Å². The first-order valence-corrected chi connectivity index (χ1v) is 5.74. The predicted molar refractivity (Wildman–Crippen MR) is 60.4 cm³/mol. The Balaban J connectivity index is 2.13. The van der Waals surface area contributed by atoms with Crippen LogP contribution in [0.5, 0.6) is 0 Å². The van der Waals surface area contributed by atoms with Gasteiger partial charge >= 0.3 is 0 Å². The second-order valence-electron chi connectivity index (χ2n) is 4.75. The summed E-state index contributed by atoms with van der Waals surface area (Å²) in [7, 11) is 0. The van der Waals surface area contributed by atoms with Crippen molar-refractivity contribution in [3.63, 3.8) is 0 Å². The second kappa shape index (κ2) is 4.13. The fourth-order valence-electron chi connectivity index (χ4n) is 2.35. The summed E-state index contributed by atoms with van der Waals surface area (Å²) >= 11 is 0. The fraction of sp³-hybridized carbons (Fsp3) is 0.538. The van der Waals surface area contributed by atoms with E-state index in [1.54, 1.807) is 6.07 Å². The maximum atomic E-state index is 13.6. The van der Waals surface area contributed by atoms with Crippen molar-refractivity contribution in [1.82, 2.24) is 5.32 Å². The van der Waals surface area contributed by atoms with Gasteiger partial charge in [0.1, 0.15) is 11.6 Å². The molecule has 2 unspecified atom stereocenters. The van der Waals surface area contributed by atoms with E-state index in [0.717, 1.165) is 25.6 Å². The Labute approximate surface area is 94.9 Å². The molecule has 0 aromatic heterocycles. The lowest BCUT2D eigenvalue weighted by molar-refractivity contribution is 0.533. The molecule has 1 nitrogen and oxygen atoms in total. The average molecular weight is 225 g/mol. The molecule has 1 aromatic rings. The summed E-state index contributed by atoms with van der Waals surface area (Å²) in [5.74, 6) is -0.456. The van der Waals surface area contributed by atoms with Crippen LogP contribution in [-0.4, -0.2) is 13.1 Å². The summed E-state index contributed by atoms with van der Waals surface area (Å²) in [5, 5.41) is 3.27. The molecule has 2 atom stereocenters. The molecule has 0 spiro atoms. The quantitative estimate of drug-likeness (QED) is 0.830. The highest BCUT2D eigenvalue weighted by molar-refractivity contribution is 5.34. The van der Waals surface area contributed by atoms with Gasteiger partial charge in [0, 0.05) is 6.07 Å². The van der Waals surface area contributed by atoms with E-state index in [-0.39, 0.29) is 5.41 Å². The van der Waals surface area contributed by atoms with Crippen LogP contribution in [0.2, 0.25) is 0 Å². The summed E-state index contributed by atoms with van der Waals surface area (Å²) in [5.41, 5.74) is 0.539. The first-order valence-electron chi connectivity index (χ1n) is 5.74. The third kappa shape index (κ3) is 1.96. The molecule has 0 radical (unpaired) electrons. The smallest absolute Gasteiger partial charge is 0.129 e. The van der Waals surface area contributed by atoms with Gasteiger partial charge in [-0.25, -0.2) is 8.78 Å². The molecule has 1 aliphatic carbocycles. The molecule has 0 aliphatic heterocycles. The zero-order valence-corrected chi connectivity index (χ0v) is 9.69. The van der Waals surface area contributed by atoms with Crippen LogP contribution in [0.4, 0.5) is 8.78 Å². The van der Waals surface area contributed by atoms with Gasteiger partial charge in [0.15, 0.2) is 0 Å². The van der Waals surface area contributed by atoms with Gasteiger partial charge in [0.2, 0.25) is 0 Å². The lowest BCUT2D eigenvalue weighted by Gasteiger charge is -2.13. The zero-order chi connectivity index (χ0) is 11.8. The van der Waals surface area contributed by atoms with Crippen LogP contribution in [0.25, 0.3) is 0 Å². The molecule has 1 fully saturated rings. The van der Waals surface area contributed by atoms with Gasteiger partial charge in [-0.3, -0.25) is 0 Å². The third-order valence-corrected chi connectivity index (χ3v) is 3.60. The van der Waals surface area contributed by atoms with E-state index in [2.05, 4.69) is 12.2 Å². The zero-order valence-electron chi connectivity index (χ0n) is 9.69. The summed E-state index contributed by atoms with van der Waals surface area (Å²) in [6.45, 7) is 5.94. The molecule has 1 aromatic carbocycles.